The number of rotatable bonds is 2. The lowest BCUT2D eigenvalue weighted by molar-refractivity contribution is -0.135. The van der Waals surface area contributed by atoms with Gasteiger partial charge in [0.2, 0.25) is 11.9 Å². The van der Waals surface area contributed by atoms with E-state index in [4.69, 9.17) is 0 Å². The van der Waals surface area contributed by atoms with E-state index < -0.39 is 0 Å². The molecular formula is C19H22N4O. The SMILES string of the molecule is Cc1cnc(N2CCC(C(=O)N3CCc4ccccc4C3)C2)nc1. The van der Waals surface area contributed by atoms with Crippen LogP contribution >= 0.6 is 0 Å². The minimum absolute atomic E-state index is 0.0557. The number of aromatic nitrogens is 2. The summed E-state index contributed by atoms with van der Waals surface area (Å²) in [7, 11) is 0. The van der Waals surface area contributed by atoms with Gasteiger partial charge in [0.25, 0.3) is 0 Å². The minimum Gasteiger partial charge on any atom is -0.340 e. The number of anilines is 1. The number of nitrogens with zero attached hydrogens (tertiary/aromatic N) is 4. The van der Waals surface area contributed by atoms with E-state index in [-0.39, 0.29) is 11.8 Å². The Balaban J connectivity index is 1.42. The van der Waals surface area contributed by atoms with E-state index in [2.05, 4.69) is 39.1 Å². The zero-order chi connectivity index (χ0) is 16.5. The summed E-state index contributed by atoms with van der Waals surface area (Å²) >= 11 is 0. The number of aryl methyl sites for hydroxylation is 1. The third-order valence-electron chi connectivity index (χ3n) is 5.03. The third-order valence-corrected chi connectivity index (χ3v) is 5.03. The van der Waals surface area contributed by atoms with Crippen molar-refractivity contribution in [2.45, 2.75) is 26.3 Å². The molecule has 0 radical (unpaired) electrons. The summed E-state index contributed by atoms with van der Waals surface area (Å²) in [5.74, 6) is 1.07. The molecule has 1 aromatic heterocycles. The predicted molar refractivity (Wildman–Crippen MR) is 92.7 cm³/mol. The van der Waals surface area contributed by atoms with E-state index in [1.165, 1.54) is 11.1 Å². The molecule has 3 heterocycles. The Morgan fingerprint density at radius 2 is 1.88 bits per heavy atom. The van der Waals surface area contributed by atoms with Gasteiger partial charge in [0.15, 0.2) is 0 Å². The maximum Gasteiger partial charge on any atom is 0.227 e. The molecule has 2 aliphatic rings. The van der Waals surface area contributed by atoms with E-state index in [9.17, 15) is 4.79 Å². The summed E-state index contributed by atoms with van der Waals surface area (Å²) in [5.41, 5.74) is 3.72. The van der Waals surface area contributed by atoms with Gasteiger partial charge in [0, 0.05) is 38.6 Å². The molecule has 24 heavy (non-hydrogen) atoms. The smallest absolute Gasteiger partial charge is 0.227 e. The Kier molecular flexibility index (Phi) is 3.92. The lowest BCUT2D eigenvalue weighted by atomic mass is 9.98. The van der Waals surface area contributed by atoms with Gasteiger partial charge in [-0.05, 0) is 36.5 Å². The number of carbonyl (C=O) groups is 1. The Morgan fingerprint density at radius 3 is 2.67 bits per heavy atom. The van der Waals surface area contributed by atoms with Gasteiger partial charge in [-0.1, -0.05) is 24.3 Å². The van der Waals surface area contributed by atoms with Crippen LogP contribution in [0, 0.1) is 12.8 Å². The zero-order valence-corrected chi connectivity index (χ0v) is 14.0. The van der Waals surface area contributed by atoms with E-state index in [0.717, 1.165) is 50.5 Å². The van der Waals surface area contributed by atoms with Crippen LogP contribution in [-0.2, 0) is 17.8 Å². The topological polar surface area (TPSA) is 49.3 Å². The first-order chi connectivity index (χ1) is 11.7. The molecule has 0 saturated carbocycles. The highest BCUT2D eigenvalue weighted by molar-refractivity contribution is 5.80. The van der Waals surface area contributed by atoms with Gasteiger partial charge in [0.05, 0.1) is 5.92 Å². The molecule has 0 spiro atoms. The van der Waals surface area contributed by atoms with Gasteiger partial charge in [0.1, 0.15) is 0 Å². The minimum atomic E-state index is 0.0557. The molecule has 2 aromatic rings. The molecule has 124 valence electrons. The average Bonchev–Trinajstić information content (AvgIpc) is 3.11. The lowest BCUT2D eigenvalue weighted by Gasteiger charge is -2.31. The number of hydrogen-bond donors (Lipinski definition) is 0. The van der Waals surface area contributed by atoms with E-state index in [1.807, 2.05) is 24.2 Å². The Hall–Kier alpha value is -2.43. The van der Waals surface area contributed by atoms with Crippen molar-refractivity contribution in [2.75, 3.05) is 24.5 Å². The van der Waals surface area contributed by atoms with Crippen LogP contribution < -0.4 is 4.90 Å². The van der Waals surface area contributed by atoms with Gasteiger partial charge in [-0.2, -0.15) is 0 Å². The number of fused-ring (bicyclic) bond motifs is 1. The molecule has 1 unspecified atom stereocenters. The van der Waals surface area contributed by atoms with Crippen LogP contribution in [0.15, 0.2) is 36.7 Å². The second-order valence-corrected chi connectivity index (χ2v) is 6.77. The highest BCUT2D eigenvalue weighted by Gasteiger charge is 2.33. The van der Waals surface area contributed by atoms with Gasteiger partial charge in [-0.15, -0.1) is 0 Å². The molecule has 4 rings (SSSR count). The van der Waals surface area contributed by atoms with Gasteiger partial charge >= 0.3 is 0 Å². The van der Waals surface area contributed by atoms with E-state index in [1.54, 1.807) is 0 Å². The van der Waals surface area contributed by atoms with Crippen molar-refractivity contribution in [3.8, 4) is 0 Å². The molecule has 5 heteroatoms. The number of benzene rings is 1. The van der Waals surface area contributed by atoms with Crippen LogP contribution in [0.4, 0.5) is 5.95 Å². The maximum absolute atomic E-state index is 12.9. The fourth-order valence-corrected chi connectivity index (χ4v) is 3.63. The average molecular weight is 322 g/mol. The standard InChI is InChI=1S/C19H22N4O/c1-14-10-20-19(21-11-14)23-9-7-17(13-23)18(24)22-8-6-15-4-2-3-5-16(15)12-22/h2-5,10-11,17H,6-9,12-13H2,1H3. The molecule has 0 bridgehead atoms. The fraction of sp³-hybridized carbons (Fsp3) is 0.421. The van der Waals surface area contributed by atoms with Crippen LogP contribution in [0.2, 0.25) is 0 Å². The van der Waals surface area contributed by atoms with Crippen molar-refractivity contribution in [3.63, 3.8) is 0 Å². The molecule has 1 atom stereocenters. The number of carbonyl (C=O) groups excluding carboxylic acids is 1. The summed E-state index contributed by atoms with van der Waals surface area (Å²) < 4.78 is 0. The van der Waals surface area contributed by atoms with Crippen LogP contribution in [0.25, 0.3) is 0 Å². The predicted octanol–water partition coefficient (Wildman–Crippen LogP) is 2.20. The van der Waals surface area contributed by atoms with Crippen LogP contribution in [0.5, 0.6) is 0 Å². The first kappa shape index (κ1) is 15.1. The molecule has 1 amide bonds. The third kappa shape index (κ3) is 2.86. The summed E-state index contributed by atoms with van der Waals surface area (Å²) in [6.07, 6.45) is 5.51. The molecular weight excluding hydrogens is 300 g/mol. The van der Waals surface area contributed by atoms with Gasteiger partial charge in [-0.25, -0.2) is 9.97 Å². The second-order valence-electron chi connectivity index (χ2n) is 6.77. The Morgan fingerprint density at radius 1 is 1.12 bits per heavy atom. The Bertz CT molecular complexity index is 743. The second kappa shape index (κ2) is 6.23. The first-order valence-electron chi connectivity index (χ1n) is 8.60. The zero-order valence-electron chi connectivity index (χ0n) is 14.0. The summed E-state index contributed by atoms with van der Waals surface area (Å²) in [6, 6.07) is 8.44. The van der Waals surface area contributed by atoms with Crippen LogP contribution in [0.3, 0.4) is 0 Å². The molecule has 0 aliphatic carbocycles. The van der Waals surface area contributed by atoms with Crippen molar-refractivity contribution < 1.29 is 4.79 Å². The first-order valence-corrected chi connectivity index (χ1v) is 8.60. The van der Waals surface area contributed by atoms with Crippen molar-refractivity contribution in [1.82, 2.24) is 14.9 Å². The highest BCUT2D eigenvalue weighted by Crippen LogP contribution is 2.25. The molecule has 0 N–H and O–H groups in total. The summed E-state index contributed by atoms with van der Waals surface area (Å²) in [6.45, 7) is 5.12. The molecule has 1 saturated heterocycles. The molecule has 1 fully saturated rings. The molecule has 2 aliphatic heterocycles. The normalized spacial score (nSPS) is 20.1. The number of amides is 1. The van der Waals surface area contributed by atoms with Crippen molar-refractivity contribution >= 4 is 11.9 Å². The fourth-order valence-electron chi connectivity index (χ4n) is 3.63. The van der Waals surface area contributed by atoms with Gasteiger partial charge < -0.3 is 9.80 Å². The van der Waals surface area contributed by atoms with Crippen molar-refractivity contribution in [1.29, 1.82) is 0 Å². The van der Waals surface area contributed by atoms with E-state index in [0.29, 0.717) is 0 Å². The molecule has 5 nitrogen and oxygen atoms in total. The Labute approximate surface area is 142 Å². The van der Waals surface area contributed by atoms with Crippen LogP contribution in [0.1, 0.15) is 23.1 Å². The summed E-state index contributed by atoms with van der Waals surface area (Å²) in [5, 5.41) is 0. The van der Waals surface area contributed by atoms with Gasteiger partial charge in [-0.3, -0.25) is 4.79 Å². The van der Waals surface area contributed by atoms with E-state index >= 15 is 0 Å². The highest BCUT2D eigenvalue weighted by atomic mass is 16.2. The van der Waals surface area contributed by atoms with Crippen LogP contribution in [-0.4, -0.2) is 40.4 Å². The largest absolute Gasteiger partial charge is 0.340 e. The lowest BCUT2D eigenvalue weighted by Crippen LogP contribution is -2.40. The monoisotopic (exact) mass is 322 g/mol. The van der Waals surface area contributed by atoms with Crippen molar-refractivity contribution in [2.24, 2.45) is 5.92 Å². The maximum atomic E-state index is 12.9. The quantitative estimate of drug-likeness (QED) is 0.850. The number of hydrogen-bond acceptors (Lipinski definition) is 4. The summed E-state index contributed by atoms with van der Waals surface area (Å²) in [4.78, 5) is 25.8. The van der Waals surface area contributed by atoms with Crippen molar-refractivity contribution in [3.05, 3.63) is 53.3 Å². The molecule has 1 aromatic carbocycles.